The molecule has 0 heterocycles. The fraction of sp³-hybridized carbons (Fsp3) is 0.375. The van der Waals surface area contributed by atoms with Gasteiger partial charge in [0.1, 0.15) is 0 Å². The lowest BCUT2D eigenvalue weighted by molar-refractivity contribution is 0.590. The number of alkyl halides is 1. The average Bonchev–Trinajstić information content (AvgIpc) is 2.44. The van der Waals surface area contributed by atoms with E-state index in [4.69, 9.17) is 11.6 Å². The maximum absolute atomic E-state index is 12.2. The van der Waals surface area contributed by atoms with Gasteiger partial charge in [0.2, 0.25) is 0 Å². The lowest BCUT2D eigenvalue weighted by Crippen LogP contribution is -2.09. The number of hydrogen-bond acceptors (Lipinski definition) is 2. The first kappa shape index (κ1) is 15.3. The van der Waals surface area contributed by atoms with Crippen LogP contribution in [0.15, 0.2) is 42.5 Å². The van der Waals surface area contributed by atoms with E-state index in [0.717, 1.165) is 29.2 Å². The Bertz CT molecular complexity index is 660. The summed E-state index contributed by atoms with van der Waals surface area (Å²) in [5.74, 6) is 0.964. The van der Waals surface area contributed by atoms with Crippen molar-refractivity contribution in [2.45, 2.75) is 25.0 Å². The molecule has 4 heteroatoms. The molecule has 108 valence electrons. The molecule has 0 spiro atoms. The highest BCUT2D eigenvalue weighted by atomic mass is 35.5. The highest BCUT2D eigenvalue weighted by Gasteiger charge is 2.13. The minimum atomic E-state index is -3.05. The molecule has 0 aromatic heterocycles. The van der Waals surface area contributed by atoms with Gasteiger partial charge in [-0.15, -0.1) is 11.6 Å². The van der Waals surface area contributed by atoms with Crippen LogP contribution in [-0.4, -0.2) is 20.1 Å². The second kappa shape index (κ2) is 7.09. The first-order chi connectivity index (χ1) is 9.62. The monoisotopic (exact) mass is 310 g/mol. The summed E-state index contributed by atoms with van der Waals surface area (Å²) in [7, 11) is -3.05. The Balaban J connectivity index is 2.11. The van der Waals surface area contributed by atoms with Gasteiger partial charge >= 0.3 is 0 Å². The number of sulfone groups is 1. The van der Waals surface area contributed by atoms with Gasteiger partial charge in [0.15, 0.2) is 9.84 Å². The van der Waals surface area contributed by atoms with Crippen molar-refractivity contribution in [2.24, 2.45) is 0 Å². The van der Waals surface area contributed by atoms with Crippen LogP contribution in [0.5, 0.6) is 0 Å². The van der Waals surface area contributed by atoms with Crippen molar-refractivity contribution in [3.05, 3.63) is 48.0 Å². The van der Waals surface area contributed by atoms with Crippen molar-refractivity contribution in [1.82, 2.24) is 0 Å². The second-order valence-electron chi connectivity index (χ2n) is 4.98. The summed E-state index contributed by atoms with van der Waals surface area (Å²) in [5.41, 5.74) is 0.889. The molecule has 2 nitrogen and oxygen atoms in total. The van der Waals surface area contributed by atoms with E-state index >= 15 is 0 Å². The lowest BCUT2D eigenvalue weighted by atomic mass is 10.1. The molecule has 0 atom stereocenters. The smallest absolute Gasteiger partial charge is 0.154 e. The van der Waals surface area contributed by atoms with Crippen LogP contribution in [0.3, 0.4) is 0 Å². The Morgan fingerprint density at radius 2 is 1.65 bits per heavy atom. The zero-order valence-electron chi connectivity index (χ0n) is 11.4. The zero-order valence-corrected chi connectivity index (χ0v) is 13.0. The summed E-state index contributed by atoms with van der Waals surface area (Å²) >= 11 is 5.60. The van der Waals surface area contributed by atoms with Gasteiger partial charge in [-0.3, -0.25) is 0 Å². The molecule has 0 saturated carbocycles. The summed E-state index contributed by atoms with van der Waals surface area (Å²) in [6.07, 6.45) is 2.45. The van der Waals surface area contributed by atoms with E-state index in [1.54, 1.807) is 0 Å². The average molecular weight is 311 g/mol. The Morgan fingerprint density at radius 1 is 0.900 bits per heavy atom. The topological polar surface area (TPSA) is 34.1 Å². The van der Waals surface area contributed by atoms with Crippen molar-refractivity contribution in [1.29, 1.82) is 0 Å². The van der Waals surface area contributed by atoms with Crippen molar-refractivity contribution >= 4 is 32.2 Å². The van der Waals surface area contributed by atoms with E-state index in [1.165, 1.54) is 0 Å². The summed E-state index contributed by atoms with van der Waals surface area (Å²) in [5, 5.41) is 2.11. The molecule has 2 aromatic carbocycles. The largest absolute Gasteiger partial charge is 0.228 e. The Labute approximate surface area is 125 Å². The SMILES string of the molecule is O=S(=O)(CCCCCCl)Cc1cccc2ccccc12. The molecule has 0 aliphatic carbocycles. The first-order valence-electron chi connectivity index (χ1n) is 6.85. The molecule has 0 radical (unpaired) electrons. The van der Waals surface area contributed by atoms with Gasteiger partial charge in [-0.25, -0.2) is 8.42 Å². The van der Waals surface area contributed by atoms with E-state index in [-0.39, 0.29) is 11.5 Å². The van der Waals surface area contributed by atoms with E-state index in [0.29, 0.717) is 12.3 Å². The number of rotatable bonds is 7. The summed E-state index contributed by atoms with van der Waals surface area (Å²) < 4.78 is 24.3. The molecule has 0 bridgehead atoms. The minimum Gasteiger partial charge on any atom is -0.228 e. The van der Waals surface area contributed by atoms with Crippen LogP contribution in [0.25, 0.3) is 10.8 Å². The number of halogens is 1. The van der Waals surface area contributed by atoms with Gasteiger partial charge < -0.3 is 0 Å². The lowest BCUT2D eigenvalue weighted by Gasteiger charge is -2.08. The third-order valence-corrected chi connectivity index (χ3v) is 5.27. The van der Waals surface area contributed by atoms with Gasteiger partial charge in [-0.2, -0.15) is 0 Å². The second-order valence-corrected chi connectivity index (χ2v) is 7.54. The summed E-state index contributed by atoms with van der Waals surface area (Å²) in [6.45, 7) is 0. The van der Waals surface area contributed by atoms with Gasteiger partial charge in [0, 0.05) is 5.88 Å². The quantitative estimate of drug-likeness (QED) is 0.568. The van der Waals surface area contributed by atoms with Gasteiger partial charge in [-0.05, 0) is 29.2 Å². The summed E-state index contributed by atoms with van der Waals surface area (Å²) in [6, 6.07) is 13.7. The molecule has 0 saturated heterocycles. The summed E-state index contributed by atoms with van der Waals surface area (Å²) in [4.78, 5) is 0. The molecule has 2 rings (SSSR count). The van der Waals surface area contributed by atoms with Crippen LogP contribution in [0.2, 0.25) is 0 Å². The standard InChI is InChI=1S/C16H19ClO2S/c17-11-4-1-5-12-20(18,19)13-15-9-6-8-14-7-2-3-10-16(14)15/h2-3,6-10H,1,4-5,11-13H2. The van der Waals surface area contributed by atoms with Gasteiger partial charge in [0.05, 0.1) is 11.5 Å². The number of unbranched alkanes of at least 4 members (excludes halogenated alkanes) is 2. The van der Waals surface area contributed by atoms with Crippen LogP contribution < -0.4 is 0 Å². The highest BCUT2D eigenvalue weighted by molar-refractivity contribution is 7.90. The molecule has 0 aliphatic rings. The van der Waals surface area contributed by atoms with Gasteiger partial charge in [-0.1, -0.05) is 48.9 Å². The van der Waals surface area contributed by atoms with Crippen molar-refractivity contribution < 1.29 is 8.42 Å². The minimum absolute atomic E-state index is 0.120. The molecular formula is C16H19ClO2S. The predicted octanol–water partition coefficient (Wildman–Crippen LogP) is 4.16. The van der Waals surface area contributed by atoms with E-state index < -0.39 is 9.84 Å². The van der Waals surface area contributed by atoms with Crippen LogP contribution in [0.1, 0.15) is 24.8 Å². The van der Waals surface area contributed by atoms with Gasteiger partial charge in [0.25, 0.3) is 0 Å². The van der Waals surface area contributed by atoms with Crippen molar-refractivity contribution in [2.75, 3.05) is 11.6 Å². The predicted molar refractivity (Wildman–Crippen MR) is 86.0 cm³/mol. The van der Waals surface area contributed by atoms with Crippen LogP contribution in [-0.2, 0) is 15.6 Å². The van der Waals surface area contributed by atoms with E-state index in [1.807, 2.05) is 42.5 Å². The molecule has 0 unspecified atom stereocenters. The third-order valence-electron chi connectivity index (χ3n) is 3.34. The molecule has 0 N–H and O–H groups in total. The third kappa shape index (κ3) is 4.22. The molecule has 20 heavy (non-hydrogen) atoms. The maximum Gasteiger partial charge on any atom is 0.154 e. The molecule has 0 fully saturated rings. The van der Waals surface area contributed by atoms with Crippen LogP contribution >= 0.6 is 11.6 Å². The molecule has 0 aliphatic heterocycles. The Kier molecular flexibility index (Phi) is 5.44. The molecular weight excluding hydrogens is 292 g/mol. The van der Waals surface area contributed by atoms with E-state index in [2.05, 4.69) is 0 Å². The van der Waals surface area contributed by atoms with Crippen molar-refractivity contribution in [3.63, 3.8) is 0 Å². The Hall–Kier alpha value is -1.06. The number of hydrogen-bond donors (Lipinski definition) is 0. The first-order valence-corrected chi connectivity index (χ1v) is 9.21. The molecule has 2 aromatic rings. The number of fused-ring (bicyclic) bond motifs is 1. The maximum atomic E-state index is 12.2. The van der Waals surface area contributed by atoms with Crippen LogP contribution in [0.4, 0.5) is 0 Å². The van der Waals surface area contributed by atoms with E-state index in [9.17, 15) is 8.42 Å². The highest BCUT2D eigenvalue weighted by Crippen LogP contribution is 2.21. The zero-order chi connectivity index (χ0) is 14.4. The molecule has 0 amide bonds. The fourth-order valence-corrected chi connectivity index (χ4v) is 4.02. The Morgan fingerprint density at radius 3 is 2.45 bits per heavy atom. The van der Waals surface area contributed by atoms with Crippen LogP contribution in [0, 0.1) is 0 Å². The fourth-order valence-electron chi connectivity index (χ4n) is 2.32. The normalized spacial score (nSPS) is 11.8. The number of benzene rings is 2. The van der Waals surface area contributed by atoms with Crippen molar-refractivity contribution in [3.8, 4) is 0 Å².